The number of nitrogens with two attached hydrogens (primary N) is 1. The summed E-state index contributed by atoms with van der Waals surface area (Å²) in [6, 6.07) is 0.795. The first-order chi connectivity index (χ1) is 7.33. The van der Waals surface area contributed by atoms with Gasteiger partial charge in [0.05, 0.1) is 0 Å². The van der Waals surface area contributed by atoms with Crippen molar-refractivity contribution >= 4 is 0 Å². The maximum Gasteiger partial charge on any atom is 0.0161 e. The summed E-state index contributed by atoms with van der Waals surface area (Å²) in [6.07, 6.45) is 9.97. The predicted molar refractivity (Wildman–Crippen MR) is 64.8 cm³/mol. The normalized spacial score (nSPS) is 35.6. The van der Waals surface area contributed by atoms with Crippen LogP contribution < -0.4 is 5.73 Å². The quantitative estimate of drug-likeness (QED) is 0.757. The van der Waals surface area contributed by atoms with E-state index in [1.165, 1.54) is 51.5 Å². The molecule has 1 aliphatic carbocycles. The van der Waals surface area contributed by atoms with E-state index in [0.29, 0.717) is 0 Å². The average Bonchev–Trinajstić information content (AvgIpc) is 2.29. The van der Waals surface area contributed by atoms with Crippen molar-refractivity contribution in [3.8, 4) is 0 Å². The zero-order chi connectivity index (χ0) is 10.7. The van der Waals surface area contributed by atoms with E-state index in [0.717, 1.165) is 24.4 Å². The molecule has 2 fully saturated rings. The van der Waals surface area contributed by atoms with Crippen molar-refractivity contribution in [1.82, 2.24) is 4.90 Å². The minimum absolute atomic E-state index is 0.770. The molecule has 0 aromatic carbocycles. The molecule has 2 nitrogen and oxygen atoms in total. The van der Waals surface area contributed by atoms with Crippen LogP contribution in [0.1, 0.15) is 44.9 Å². The average molecular weight is 210 g/mol. The second-order valence-electron chi connectivity index (χ2n) is 5.51. The summed E-state index contributed by atoms with van der Waals surface area (Å²) in [4.78, 5) is 2.59. The van der Waals surface area contributed by atoms with Gasteiger partial charge in [0.15, 0.2) is 0 Å². The highest BCUT2D eigenvalue weighted by molar-refractivity contribution is 4.89. The van der Waals surface area contributed by atoms with Crippen LogP contribution in [0.2, 0.25) is 0 Å². The zero-order valence-electron chi connectivity index (χ0n) is 10.1. The predicted octanol–water partition coefficient (Wildman–Crippen LogP) is 2.24. The molecule has 2 N–H and O–H groups in total. The van der Waals surface area contributed by atoms with Gasteiger partial charge in [-0.1, -0.05) is 19.3 Å². The molecule has 1 aliphatic heterocycles. The molecule has 0 amide bonds. The molecular formula is C13H26N2. The number of hydrogen-bond donors (Lipinski definition) is 1. The lowest BCUT2D eigenvalue weighted by Crippen LogP contribution is -2.50. The third kappa shape index (κ3) is 2.54. The lowest BCUT2D eigenvalue weighted by Gasteiger charge is -2.44. The topological polar surface area (TPSA) is 29.3 Å². The van der Waals surface area contributed by atoms with Crippen molar-refractivity contribution in [2.45, 2.75) is 51.0 Å². The maximum atomic E-state index is 5.94. The van der Waals surface area contributed by atoms with Crippen LogP contribution >= 0.6 is 0 Å². The smallest absolute Gasteiger partial charge is 0.0161 e. The van der Waals surface area contributed by atoms with Crippen LogP contribution in [-0.4, -0.2) is 31.1 Å². The molecule has 0 aromatic heterocycles. The van der Waals surface area contributed by atoms with Gasteiger partial charge in [-0.3, -0.25) is 0 Å². The summed E-state index contributed by atoms with van der Waals surface area (Å²) in [6.45, 7) is 2.18. The summed E-state index contributed by atoms with van der Waals surface area (Å²) < 4.78 is 0. The highest BCUT2D eigenvalue weighted by atomic mass is 15.1. The summed E-state index contributed by atoms with van der Waals surface area (Å²) in [7, 11) is 2.31. The Morgan fingerprint density at radius 2 is 1.80 bits per heavy atom. The van der Waals surface area contributed by atoms with Crippen molar-refractivity contribution in [1.29, 1.82) is 0 Å². The van der Waals surface area contributed by atoms with Gasteiger partial charge >= 0.3 is 0 Å². The number of rotatable bonds is 2. The van der Waals surface area contributed by atoms with Gasteiger partial charge in [0, 0.05) is 6.04 Å². The van der Waals surface area contributed by atoms with Gasteiger partial charge in [0.2, 0.25) is 0 Å². The molecule has 0 spiro atoms. The van der Waals surface area contributed by atoms with Crippen LogP contribution in [0.25, 0.3) is 0 Å². The summed E-state index contributed by atoms with van der Waals surface area (Å²) in [5.41, 5.74) is 5.94. The first-order valence-corrected chi connectivity index (χ1v) is 6.73. The zero-order valence-corrected chi connectivity index (χ0v) is 10.1. The first-order valence-electron chi connectivity index (χ1n) is 6.73. The monoisotopic (exact) mass is 210 g/mol. The van der Waals surface area contributed by atoms with Gasteiger partial charge < -0.3 is 10.6 Å². The summed E-state index contributed by atoms with van der Waals surface area (Å²) in [5, 5.41) is 0. The molecule has 15 heavy (non-hydrogen) atoms. The van der Waals surface area contributed by atoms with Crippen LogP contribution in [0, 0.1) is 11.8 Å². The van der Waals surface area contributed by atoms with Crippen molar-refractivity contribution < 1.29 is 0 Å². The molecule has 0 aromatic rings. The molecule has 1 saturated carbocycles. The molecule has 2 aliphatic rings. The Labute approximate surface area is 94.2 Å². The second-order valence-corrected chi connectivity index (χ2v) is 5.51. The number of hydrogen-bond acceptors (Lipinski definition) is 2. The Hall–Kier alpha value is -0.0800. The molecule has 2 atom stereocenters. The first kappa shape index (κ1) is 11.4. The highest BCUT2D eigenvalue weighted by Crippen LogP contribution is 2.35. The summed E-state index contributed by atoms with van der Waals surface area (Å²) in [5.74, 6) is 1.71. The number of likely N-dealkylation sites (tertiary alicyclic amines) is 1. The largest absolute Gasteiger partial charge is 0.330 e. The second kappa shape index (κ2) is 5.31. The van der Waals surface area contributed by atoms with Crippen LogP contribution in [-0.2, 0) is 0 Å². The van der Waals surface area contributed by atoms with E-state index in [9.17, 15) is 0 Å². The molecule has 2 rings (SSSR count). The molecule has 0 bridgehead atoms. The lowest BCUT2D eigenvalue weighted by atomic mass is 9.75. The van der Waals surface area contributed by atoms with Gasteiger partial charge in [-0.25, -0.2) is 0 Å². The lowest BCUT2D eigenvalue weighted by molar-refractivity contribution is 0.0587. The molecule has 88 valence electrons. The Balaban J connectivity index is 2.00. The van der Waals surface area contributed by atoms with E-state index in [4.69, 9.17) is 5.73 Å². The van der Waals surface area contributed by atoms with Gasteiger partial charge in [-0.05, 0) is 57.7 Å². The van der Waals surface area contributed by atoms with Gasteiger partial charge in [-0.2, -0.15) is 0 Å². The Morgan fingerprint density at radius 3 is 2.47 bits per heavy atom. The fraction of sp³-hybridized carbons (Fsp3) is 1.00. The van der Waals surface area contributed by atoms with Crippen molar-refractivity contribution in [3.05, 3.63) is 0 Å². The van der Waals surface area contributed by atoms with E-state index in [2.05, 4.69) is 11.9 Å². The van der Waals surface area contributed by atoms with E-state index in [1.54, 1.807) is 0 Å². The van der Waals surface area contributed by atoms with Crippen molar-refractivity contribution in [2.24, 2.45) is 17.6 Å². The minimum Gasteiger partial charge on any atom is -0.330 e. The molecule has 0 unspecified atom stereocenters. The van der Waals surface area contributed by atoms with Crippen molar-refractivity contribution in [2.75, 3.05) is 20.1 Å². The SMILES string of the molecule is CN1CCC[C@@H](CN)[C@@H]1C1CCCCC1. The third-order valence-electron chi connectivity index (χ3n) is 4.51. The fourth-order valence-electron chi connectivity index (χ4n) is 3.76. The van der Waals surface area contributed by atoms with E-state index >= 15 is 0 Å². The molecule has 0 radical (unpaired) electrons. The van der Waals surface area contributed by atoms with Crippen LogP contribution in [0.4, 0.5) is 0 Å². The molecule has 1 saturated heterocycles. The molecule has 1 heterocycles. The number of nitrogens with zero attached hydrogens (tertiary/aromatic N) is 1. The number of piperidine rings is 1. The highest BCUT2D eigenvalue weighted by Gasteiger charge is 2.34. The van der Waals surface area contributed by atoms with Gasteiger partial charge in [0.1, 0.15) is 0 Å². The standard InChI is InChI=1S/C13H26N2/c1-15-9-5-8-12(10-14)13(15)11-6-3-2-4-7-11/h11-13H,2-10,14H2,1H3/t12-,13-/m0/s1. The van der Waals surface area contributed by atoms with E-state index < -0.39 is 0 Å². The summed E-state index contributed by atoms with van der Waals surface area (Å²) >= 11 is 0. The fourth-order valence-corrected chi connectivity index (χ4v) is 3.76. The van der Waals surface area contributed by atoms with Crippen LogP contribution in [0.5, 0.6) is 0 Å². The molecular weight excluding hydrogens is 184 g/mol. The van der Waals surface area contributed by atoms with Gasteiger partial charge in [-0.15, -0.1) is 0 Å². The molecule has 2 heteroatoms. The Kier molecular flexibility index (Phi) is 4.04. The Morgan fingerprint density at radius 1 is 1.07 bits per heavy atom. The van der Waals surface area contributed by atoms with Crippen LogP contribution in [0.15, 0.2) is 0 Å². The third-order valence-corrected chi connectivity index (χ3v) is 4.51. The maximum absolute atomic E-state index is 5.94. The van der Waals surface area contributed by atoms with Crippen LogP contribution in [0.3, 0.4) is 0 Å². The minimum atomic E-state index is 0.770. The van der Waals surface area contributed by atoms with E-state index in [1.807, 2.05) is 0 Å². The Bertz CT molecular complexity index is 187. The van der Waals surface area contributed by atoms with Gasteiger partial charge in [0.25, 0.3) is 0 Å². The van der Waals surface area contributed by atoms with E-state index in [-0.39, 0.29) is 0 Å². The van der Waals surface area contributed by atoms with Crippen molar-refractivity contribution in [3.63, 3.8) is 0 Å².